The first-order valence-electron chi connectivity index (χ1n) is 8.22. The maximum atomic E-state index is 12.0. The van der Waals surface area contributed by atoms with Crippen molar-refractivity contribution in [3.63, 3.8) is 0 Å². The Balaban J connectivity index is 1.75. The summed E-state index contributed by atoms with van der Waals surface area (Å²) < 4.78 is 5.43. The zero-order valence-electron chi connectivity index (χ0n) is 13.7. The number of piperazine rings is 1. The van der Waals surface area contributed by atoms with E-state index in [4.69, 9.17) is 4.74 Å². The molecule has 0 aromatic heterocycles. The largest absolute Gasteiger partial charge is 0.444 e. The molecular weight excluding hydrogens is 268 g/mol. The van der Waals surface area contributed by atoms with Crippen molar-refractivity contribution >= 4 is 6.09 Å². The van der Waals surface area contributed by atoms with Crippen molar-refractivity contribution in [3.8, 4) is 0 Å². The lowest BCUT2D eigenvalue weighted by Gasteiger charge is -2.41. The highest BCUT2D eigenvalue weighted by Gasteiger charge is 2.30. The van der Waals surface area contributed by atoms with Gasteiger partial charge in [0, 0.05) is 38.8 Å². The third kappa shape index (κ3) is 4.85. The Kier molecular flexibility index (Phi) is 5.49. The number of nitrogens with zero attached hydrogens (tertiary/aromatic N) is 2. The Morgan fingerprint density at radius 2 is 1.67 bits per heavy atom. The average molecular weight is 298 g/mol. The Hall–Kier alpha value is -0.810. The lowest BCUT2D eigenvalue weighted by Crippen LogP contribution is -2.53. The summed E-state index contributed by atoms with van der Waals surface area (Å²) in [6.45, 7) is 9.44. The van der Waals surface area contributed by atoms with E-state index in [-0.39, 0.29) is 6.09 Å². The van der Waals surface area contributed by atoms with Crippen molar-refractivity contribution in [2.75, 3.05) is 32.8 Å². The van der Waals surface area contributed by atoms with E-state index in [9.17, 15) is 9.90 Å². The fraction of sp³-hybridized carbons (Fsp3) is 0.938. The Labute approximate surface area is 128 Å². The molecule has 2 fully saturated rings. The van der Waals surface area contributed by atoms with Crippen LogP contribution in [0.25, 0.3) is 0 Å². The van der Waals surface area contributed by atoms with Crippen LogP contribution in [0.3, 0.4) is 0 Å². The summed E-state index contributed by atoms with van der Waals surface area (Å²) in [5.41, 5.74) is -0.420. The van der Waals surface area contributed by atoms with Gasteiger partial charge in [0.15, 0.2) is 0 Å². The number of hydrogen-bond donors (Lipinski definition) is 1. The molecule has 0 radical (unpaired) electrons. The van der Waals surface area contributed by atoms with Gasteiger partial charge in [-0.3, -0.25) is 4.90 Å². The SMILES string of the molecule is CC(C)(C)OC(=O)N1CCN([C@H]2CC[C@H](CO)CC2)CC1. The maximum absolute atomic E-state index is 12.0. The summed E-state index contributed by atoms with van der Waals surface area (Å²) in [7, 11) is 0. The average Bonchev–Trinajstić information content (AvgIpc) is 2.46. The molecule has 0 bridgehead atoms. The number of aliphatic hydroxyl groups excluding tert-OH is 1. The van der Waals surface area contributed by atoms with Gasteiger partial charge in [0.2, 0.25) is 0 Å². The number of carbonyl (C=O) groups is 1. The molecule has 0 aromatic carbocycles. The third-order valence-corrected chi connectivity index (χ3v) is 4.56. The van der Waals surface area contributed by atoms with E-state index in [0.29, 0.717) is 18.6 Å². The topological polar surface area (TPSA) is 53.0 Å². The van der Waals surface area contributed by atoms with E-state index in [2.05, 4.69) is 4.90 Å². The highest BCUT2D eigenvalue weighted by atomic mass is 16.6. The number of rotatable bonds is 2. The van der Waals surface area contributed by atoms with E-state index in [1.165, 1.54) is 12.8 Å². The number of amides is 1. The van der Waals surface area contributed by atoms with E-state index in [0.717, 1.165) is 39.0 Å². The van der Waals surface area contributed by atoms with Gasteiger partial charge >= 0.3 is 6.09 Å². The molecule has 1 saturated carbocycles. The third-order valence-electron chi connectivity index (χ3n) is 4.56. The van der Waals surface area contributed by atoms with Crippen LogP contribution < -0.4 is 0 Å². The van der Waals surface area contributed by atoms with Gasteiger partial charge in [0.1, 0.15) is 5.60 Å². The maximum Gasteiger partial charge on any atom is 0.410 e. The molecule has 2 aliphatic rings. The normalized spacial score (nSPS) is 28.5. The summed E-state index contributed by atoms with van der Waals surface area (Å²) in [6, 6.07) is 0.633. The molecule has 1 aliphatic heterocycles. The summed E-state index contributed by atoms with van der Waals surface area (Å²) in [4.78, 5) is 16.4. The number of hydrogen-bond acceptors (Lipinski definition) is 4. The zero-order valence-corrected chi connectivity index (χ0v) is 13.7. The van der Waals surface area contributed by atoms with Crippen LogP contribution >= 0.6 is 0 Å². The Morgan fingerprint density at radius 3 is 2.14 bits per heavy atom. The van der Waals surface area contributed by atoms with Gasteiger partial charge in [0.05, 0.1) is 0 Å². The van der Waals surface area contributed by atoms with E-state index in [1.54, 1.807) is 0 Å². The summed E-state index contributed by atoms with van der Waals surface area (Å²) in [5, 5.41) is 9.20. The van der Waals surface area contributed by atoms with Crippen LogP contribution in [0.4, 0.5) is 4.79 Å². The van der Waals surface area contributed by atoms with Crippen LogP contribution in [0.5, 0.6) is 0 Å². The molecule has 0 aromatic rings. The molecule has 5 heteroatoms. The smallest absolute Gasteiger partial charge is 0.410 e. The van der Waals surface area contributed by atoms with Crippen LogP contribution in [0.1, 0.15) is 46.5 Å². The molecule has 1 aliphatic carbocycles. The van der Waals surface area contributed by atoms with Crippen molar-refractivity contribution in [2.24, 2.45) is 5.92 Å². The molecule has 21 heavy (non-hydrogen) atoms. The second kappa shape index (κ2) is 6.97. The molecule has 1 amide bonds. The summed E-state index contributed by atoms with van der Waals surface area (Å²) in [6.07, 6.45) is 4.43. The van der Waals surface area contributed by atoms with Crippen LogP contribution in [0.2, 0.25) is 0 Å². The van der Waals surface area contributed by atoms with Gasteiger partial charge < -0.3 is 14.7 Å². The number of ether oxygens (including phenoxy) is 1. The van der Waals surface area contributed by atoms with Gasteiger partial charge in [-0.05, 0) is 52.4 Å². The molecule has 1 heterocycles. The van der Waals surface area contributed by atoms with Crippen LogP contribution in [0, 0.1) is 5.92 Å². The predicted molar refractivity (Wildman–Crippen MR) is 82.2 cm³/mol. The molecule has 1 N–H and O–H groups in total. The predicted octanol–water partition coefficient (Wildman–Crippen LogP) is 2.09. The highest BCUT2D eigenvalue weighted by molar-refractivity contribution is 5.68. The minimum Gasteiger partial charge on any atom is -0.444 e. The van der Waals surface area contributed by atoms with Crippen molar-refractivity contribution in [3.05, 3.63) is 0 Å². The first-order chi connectivity index (χ1) is 9.89. The van der Waals surface area contributed by atoms with E-state index in [1.807, 2.05) is 25.7 Å². The second-order valence-electron chi connectivity index (χ2n) is 7.36. The van der Waals surface area contributed by atoms with Gasteiger partial charge in [0.25, 0.3) is 0 Å². The fourth-order valence-corrected chi connectivity index (χ4v) is 3.29. The highest BCUT2D eigenvalue weighted by Crippen LogP contribution is 2.28. The van der Waals surface area contributed by atoms with Crippen LogP contribution in [-0.2, 0) is 4.74 Å². The molecule has 5 nitrogen and oxygen atoms in total. The fourth-order valence-electron chi connectivity index (χ4n) is 3.29. The van der Waals surface area contributed by atoms with Crippen LogP contribution in [-0.4, -0.2) is 65.4 Å². The van der Waals surface area contributed by atoms with Gasteiger partial charge in [-0.2, -0.15) is 0 Å². The lowest BCUT2D eigenvalue weighted by atomic mass is 9.85. The van der Waals surface area contributed by atoms with Crippen molar-refractivity contribution in [1.29, 1.82) is 0 Å². The van der Waals surface area contributed by atoms with Gasteiger partial charge in [-0.15, -0.1) is 0 Å². The summed E-state index contributed by atoms with van der Waals surface area (Å²) in [5.74, 6) is 0.504. The molecule has 0 spiro atoms. The minimum atomic E-state index is -0.420. The van der Waals surface area contributed by atoms with Crippen LogP contribution in [0.15, 0.2) is 0 Å². The quantitative estimate of drug-likeness (QED) is 0.848. The Bertz CT molecular complexity index is 338. The van der Waals surface area contributed by atoms with Gasteiger partial charge in [-0.25, -0.2) is 4.79 Å². The molecule has 2 rings (SSSR count). The standard InChI is InChI=1S/C16H30N2O3/c1-16(2,3)21-15(20)18-10-8-17(9-11-18)14-6-4-13(12-19)5-7-14/h13-14,19H,4-12H2,1-3H3/t13-,14-. The molecule has 0 atom stereocenters. The molecule has 0 unspecified atom stereocenters. The Morgan fingerprint density at radius 1 is 1.10 bits per heavy atom. The second-order valence-corrected chi connectivity index (χ2v) is 7.36. The minimum absolute atomic E-state index is 0.189. The van der Waals surface area contributed by atoms with Crippen molar-refractivity contribution in [1.82, 2.24) is 9.80 Å². The van der Waals surface area contributed by atoms with Crippen molar-refractivity contribution in [2.45, 2.75) is 58.1 Å². The van der Waals surface area contributed by atoms with Crippen molar-refractivity contribution < 1.29 is 14.6 Å². The summed E-state index contributed by atoms with van der Waals surface area (Å²) >= 11 is 0. The first kappa shape index (κ1) is 16.6. The lowest BCUT2D eigenvalue weighted by molar-refractivity contribution is 0.00632. The number of carbonyl (C=O) groups excluding carboxylic acids is 1. The van der Waals surface area contributed by atoms with E-state index >= 15 is 0 Å². The molecule has 122 valence electrons. The monoisotopic (exact) mass is 298 g/mol. The molecular formula is C16H30N2O3. The first-order valence-corrected chi connectivity index (χ1v) is 8.22. The van der Waals surface area contributed by atoms with Gasteiger partial charge in [-0.1, -0.05) is 0 Å². The zero-order chi connectivity index (χ0) is 15.5. The molecule has 1 saturated heterocycles. The number of aliphatic hydroxyl groups is 1. The van der Waals surface area contributed by atoms with E-state index < -0.39 is 5.60 Å².